The van der Waals surface area contributed by atoms with Crippen molar-refractivity contribution in [2.45, 2.75) is 50.9 Å². The number of aromatic amines is 1. The number of H-pyrrole nitrogens is 1. The zero-order valence-corrected chi connectivity index (χ0v) is 39.3. The maximum Gasteiger partial charge on any atom is 0.159 e. The lowest BCUT2D eigenvalue weighted by Crippen LogP contribution is -2.29. The van der Waals surface area contributed by atoms with E-state index in [1.54, 1.807) is 0 Å². The van der Waals surface area contributed by atoms with Gasteiger partial charge in [0.15, 0.2) is 5.82 Å². The molecule has 13 rings (SSSR count). The van der Waals surface area contributed by atoms with E-state index in [9.17, 15) is 0 Å². The van der Waals surface area contributed by atoms with Crippen LogP contribution in [0.3, 0.4) is 0 Å². The van der Waals surface area contributed by atoms with E-state index in [2.05, 4.69) is 192 Å². The Morgan fingerprint density at radius 1 is 0.486 bits per heavy atom. The van der Waals surface area contributed by atoms with Gasteiger partial charge in [0.05, 0.1) is 27.5 Å². The highest BCUT2D eigenvalue weighted by atomic mass is 15.4. The summed E-state index contributed by atoms with van der Waals surface area (Å²) in [5.74, 6) is 1.72. The van der Waals surface area contributed by atoms with Gasteiger partial charge in [-0.05, 0) is 85.6 Å². The van der Waals surface area contributed by atoms with Crippen molar-refractivity contribution in [1.82, 2.24) is 19.6 Å². The van der Waals surface area contributed by atoms with Gasteiger partial charge >= 0.3 is 0 Å². The Kier molecular flexibility index (Phi) is 9.94. The molecule has 0 radical (unpaired) electrons. The number of hydrogen-bond acceptors (Lipinski definition) is 5. The maximum atomic E-state index is 6.75. The molecule has 2 aromatic heterocycles. The van der Waals surface area contributed by atoms with Gasteiger partial charge in [-0.2, -0.15) is 0 Å². The minimum absolute atomic E-state index is 0.712. The van der Waals surface area contributed by atoms with Crippen molar-refractivity contribution < 1.29 is 0 Å². The van der Waals surface area contributed by atoms with Crippen LogP contribution in [0.2, 0.25) is 0 Å². The lowest BCUT2D eigenvalue weighted by Gasteiger charge is -2.34. The van der Waals surface area contributed by atoms with Gasteiger partial charge < -0.3 is 21.9 Å². The highest BCUT2D eigenvalue weighted by Gasteiger charge is 2.46. The Labute approximate surface area is 406 Å². The normalized spacial score (nSPS) is 13.0. The lowest BCUT2D eigenvalue weighted by molar-refractivity contribution is 0.609. The number of nitrogens with two attached hydrogens (primary N) is 2. The lowest BCUT2D eigenvalue weighted by atomic mass is 9.67. The topological polar surface area (TPSA) is 111 Å². The van der Waals surface area contributed by atoms with Crippen LogP contribution in [0.5, 0.6) is 0 Å². The number of unbranched alkanes of at least 4 members (excludes halogenated alkanes) is 5. The van der Waals surface area contributed by atoms with E-state index in [1.165, 1.54) is 59.0 Å². The van der Waals surface area contributed by atoms with E-state index in [1.807, 2.05) is 12.1 Å². The molecule has 7 nitrogen and oxygen atoms in total. The van der Waals surface area contributed by atoms with E-state index in [-0.39, 0.29) is 0 Å². The molecule has 0 bridgehead atoms. The van der Waals surface area contributed by atoms with Crippen LogP contribution in [0.15, 0.2) is 182 Å². The number of hydrogen-bond donors (Lipinski definition) is 4. The van der Waals surface area contributed by atoms with Crippen LogP contribution in [0.4, 0.5) is 11.4 Å². The van der Waals surface area contributed by atoms with Crippen molar-refractivity contribution in [2.24, 2.45) is 0 Å². The standard InChI is InChI=1S/C63H53N7/c1-2-3-4-5-6-15-36-66-70-60-54-23-14-10-19-48(54)47-18-9-13-22-53(47)59(60)69-62(70)40-26-30-42(31-27-40)63(55-37-43(64)32-34-49(55)50-35-33-44(65)38-56(50)63)41-28-24-39(25-29-41)61-67-57-51-20-11-7-16-45(51)46-17-8-12-21-52(46)58(57)68-61/h7-14,16-35,37-38,66H,2-6,15,36,64-65H2,1H3,(H,67,68). The number of nitrogens with one attached hydrogen (secondary N) is 2. The van der Waals surface area contributed by atoms with Crippen LogP contribution in [0.25, 0.3) is 99.1 Å². The zero-order valence-electron chi connectivity index (χ0n) is 39.3. The second kappa shape index (κ2) is 16.7. The van der Waals surface area contributed by atoms with Crippen LogP contribution >= 0.6 is 0 Å². The molecule has 10 aromatic carbocycles. The summed E-state index contributed by atoms with van der Waals surface area (Å²) >= 11 is 0. The fourth-order valence-corrected chi connectivity index (χ4v) is 11.8. The van der Waals surface area contributed by atoms with Crippen LogP contribution < -0.4 is 16.9 Å². The molecule has 70 heavy (non-hydrogen) atoms. The Bertz CT molecular complexity index is 3870. The molecule has 0 aliphatic heterocycles. The van der Waals surface area contributed by atoms with Gasteiger partial charge in [0.25, 0.3) is 0 Å². The average Bonchev–Trinajstić information content (AvgIpc) is 4.11. The molecule has 0 saturated carbocycles. The molecule has 2 heterocycles. The number of fused-ring (bicyclic) bond motifs is 15. The number of benzene rings is 10. The molecule has 0 saturated heterocycles. The Morgan fingerprint density at radius 3 is 1.57 bits per heavy atom. The van der Waals surface area contributed by atoms with Gasteiger partial charge in [-0.1, -0.05) is 197 Å². The fourth-order valence-electron chi connectivity index (χ4n) is 11.8. The van der Waals surface area contributed by atoms with Crippen molar-refractivity contribution in [3.63, 3.8) is 0 Å². The predicted molar refractivity (Wildman–Crippen MR) is 294 cm³/mol. The molecule has 12 aromatic rings. The van der Waals surface area contributed by atoms with E-state index in [0.29, 0.717) is 11.4 Å². The summed E-state index contributed by atoms with van der Waals surface area (Å²) in [7, 11) is 0. The monoisotopic (exact) mass is 907 g/mol. The van der Waals surface area contributed by atoms with E-state index >= 15 is 0 Å². The van der Waals surface area contributed by atoms with Crippen LogP contribution in [-0.4, -0.2) is 26.2 Å². The Balaban J connectivity index is 0.968. The van der Waals surface area contributed by atoms with E-state index < -0.39 is 5.41 Å². The molecule has 340 valence electrons. The minimum atomic E-state index is -0.741. The third kappa shape index (κ3) is 6.41. The molecular weight excluding hydrogens is 855 g/mol. The Morgan fingerprint density at radius 2 is 0.971 bits per heavy atom. The summed E-state index contributed by atoms with van der Waals surface area (Å²) in [4.78, 5) is 14.6. The van der Waals surface area contributed by atoms with Gasteiger partial charge in [-0.3, -0.25) is 0 Å². The van der Waals surface area contributed by atoms with Gasteiger partial charge in [0.2, 0.25) is 0 Å². The number of imidazole rings is 2. The maximum absolute atomic E-state index is 6.75. The van der Waals surface area contributed by atoms with Gasteiger partial charge in [0, 0.05) is 50.6 Å². The molecule has 1 aliphatic rings. The number of nitrogens with zero attached hydrogens (tertiary/aromatic N) is 3. The van der Waals surface area contributed by atoms with Crippen LogP contribution in [0, 0.1) is 0 Å². The molecule has 7 heteroatoms. The first-order valence-electron chi connectivity index (χ1n) is 24.9. The van der Waals surface area contributed by atoms with Gasteiger partial charge in [-0.15, -0.1) is 0 Å². The quantitative estimate of drug-likeness (QED) is 0.0554. The van der Waals surface area contributed by atoms with Crippen molar-refractivity contribution in [3.8, 4) is 33.9 Å². The molecule has 0 spiro atoms. The van der Waals surface area contributed by atoms with Crippen LogP contribution in [-0.2, 0) is 5.41 Å². The van der Waals surface area contributed by atoms with E-state index in [0.717, 1.165) is 107 Å². The smallest absolute Gasteiger partial charge is 0.159 e. The molecule has 6 N–H and O–H groups in total. The predicted octanol–water partition coefficient (Wildman–Crippen LogP) is 15.3. The largest absolute Gasteiger partial charge is 0.399 e. The third-order valence-electron chi connectivity index (χ3n) is 15.1. The van der Waals surface area contributed by atoms with Crippen molar-refractivity contribution in [2.75, 3.05) is 23.4 Å². The highest BCUT2D eigenvalue weighted by molar-refractivity contribution is 6.25. The average molecular weight is 908 g/mol. The Hall–Kier alpha value is -8.42. The summed E-state index contributed by atoms with van der Waals surface area (Å²) in [5, 5.41) is 9.48. The summed E-state index contributed by atoms with van der Waals surface area (Å²) in [6, 6.07) is 65.2. The first kappa shape index (κ1) is 41.7. The summed E-state index contributed by atoms with van der Waals surface area (Å²) < 4.78 is 2.27. The number of rotatable bonds is 12. The number of aromatic nitrogens is 4. The number of nitrogen functional groups attached to an aromatic ring is 2. The highest BCUT2D eigenvalue weighted by Crippen LogP contribution is 2.57. The molecule has 0 fully saturated rings. The summed E-state index contributed by atoms with van der Waals surface area (Å²) in [6.07, 6.45) is 7.36. The van der Waals surface area contributed by atoms with Crippen LogP contribution in [0.1, 0.15) is 67.7 Å². The molecule has 1 aliphatic carbocycles. The summed E-state index contributed by atoms with van der Waals surface area (Å²) in [6.45, 7) is 3.12. The fraction of sp³-hybridized carbons (Fsp3) is 0.143. The first-order valence-corrected chi connectivity index (χ1v) is 24.9. The van der Waals surface area contributed by atoms with Gasteiger partial charge in [-0.25, -0.2) is 14.6 Å². The molecule has 0 amide bonds. The SMILES string of the molecule is CCCCCCCCNn1c(-c2ccc(C3(c4ccc(-c5nc6c7ccccc7c7ccccc7c6[nH]5)cc4)c4cc(N)ccc4-c4ccc(N)cc43)cc2)nc2c3ccccc3c3ccccc3c21. The van der Waals surface area contributed by atoms with Crippen molar-refractivity contribution >= 4 is 76.5 Å². The third-order valence-corrected chi connectivity index (χ3v) is 15.1. The molecule has 0 unspecified atom stereocenters. The zero-order chi connectivity index (χ0) is 46.9. The second-order valence-corrected chi connectivity index (χ2v) is 19.2. The number of anilines is 2. The van der Waals surface area contributed by atoms with Crippen molar-refractivity contribution in [1.29, 1.82) is 0 Å². The minimum Gasteiger partial charge on any atom is -0.399 e. The van der Waals surface area contributed by atoms with Gasteiger partial charge in [0.1, 0.15) is 5.82 Å². The van der Waals surface area contributed by atoms with Crippen molar-refractivity contribution in [3.05, 3.63) is 204 Å². The summed E-state index contributed by atoms with van der Waals surface area (Å²) in [5.41, 5.74) is 31.0. The van der Waals surface area contributed by atoms with E-state index in [4.69, 9.17) is 21.4 Å². The first-order chi connectivity index (χ1) is 34.5. The molecule has 0 atom stereocenters. The second-order valence-electron chi connectivity index (χ2n) is 19.2. The molecular formula is C63H53N7.